The maximum absolute atomic E-state index is 11.9. The highest BCUT2D eigenvalue weighted by Gasteiger charge is 2.20. The molecule has 0 spiro atoms. The van der Waals surface area contributed by atoms with Gasteiger partial charge in [-0.05, 0) is 42.9 Å². The van der Waals surface area contributed by atoms with Gasteiger partial charge in [-0.1, -0.05) is 31.2 Å². The van der Waals surface area contributed by atoms with Gasteiger partial charge < -0.3 is 10.2 Å². The Hall–Kier alpha value is -1.06. The van der Waals surface area contributed by atoms with Crippen molar-refractivity contribution in [1.29, 1.82) is 0 Å². The minimum Gasteiger partial charge on any atom is -0.340 e. The smallest absolute Gasteiger partial charge is 0.236 e. The first-order valence-corrected chi connectivity index (χ1v) is 7.21. The highest BCUT2D eigenvalue weighted by molar-refractivity contribution is 5.85. The van der Waals surface area contributed by atoms with Gasteiger partial charge in [-0.25, -0.2) is 0 Å². The van der Waals surface area contributed by atoms with Gasteiger partial charge in [0.15, 0.2) is 0 Å². The quantitative estimate of drug-likeness (QED) is 0.839. The molecular formula is C16H25ClN2O. The molecule has 1 aliphatic carbocycles. The predicted molar refractivity (Wildman–Crippen MR) is 85.1 cm³/mol. The van der Waals surface area contributed by atoms with E-state index in [1.54, 1.807) is 4.90 Å². The van der Waals surface area contributed by atoms with Crippen LogP contribution in [0.2, 0.25) is 0 Å². The molecule has 0 atom stereocenters. The van der Waals surface area contributed by atoms with Crippen LogP contribution in [-0.2, 0) is 17.8 Å². The zero-order valence-corrected chi connectivity index (χ0v) is 13.2. The van der Waals surface area contributed by atoms with Crippen molar-refractivity contribution >= 4 is 18.3 Å². The van der Waals surface area contributed by atoms with E-state index in [0.717, 1.165) is 18.9 Å². The number of halogens is 1. The molecule has 20 heavy (non-hydrogen) atoms. The lowest BCUT2D eigenvalue weighted by molar-refractivity contribution is -0.129. The number of nitrogens with one attached hydrogen (secondary N) is 1. The molecule has 1 fully saturated rings. The van der Waals surface area contributed by atoms with Crippen molar-refractivity contribution in [2.75, 3.05) is 20.1 Å². The van der Waals surface area contributed by atoms with Gasteiger partial charge in [-0.2, -0.15) is 0 Å². The molecule has 0 aromatic heterocycles. The maximum Gasteiger partial charge on any atom is 0.236 e. The summed E-state index contributed by atoms with van der Waals surface area (Å²) >= 11 is 0. The average Bonchev–Trinajstić information content (AvgIpc) is 3.23. The van der Waals surface area contributed by atoms with E-state index in [4.69, 9.17) is 0 Å². The summed E-state index contributed by atoms with van der Waals surface area (Å²) < 4.78 is 0. The van der Waals surface area contributed by atoms with Crippen molar-refractivity contribution < 1.29 is 4.79 Å². The molecule has 0 unspecified atom stereocenters. The molecule has 1 N–H and O–H groups in total. The van der Waals surface area contributed by atoms with Crippen LogP contribution in [0.25, 0.3) is 0 Å². The molecule has 3 nitrogen and oxygen atoms in total. The van der Waals surface area contributed by atoms with Crippen molar-refractivity contribution in [3.05, 3.63) is 35.4 Å². The Labute approximate surface area is 128 Å². The minimum atomic E-state index is 0. The molecule has 0 aliphatic heterocycles. The van der Waals surface area contributed by atoms with Crippen LogP contribution in [-0.4, -0.2) is 30.9 Å². The van der Waals surface area contributed by atoms with E-state index in [-0.39, 0.29) is 18.3 Å². The first-order valence-electron chi connectivity index (χ1n) is 7.21. The summed E-state index contributed by atoms with van der Waals surface area (Å²) in [5.41, 5.74) is 2.53. The third-order valence-corrected chi connectivity index (χ3v) is 3.68. The van der Waals surface area contributed by atoms with Gasteiger partial charge in [-0.3, -0.25) is 4.79 Å². The van der Waals surface area contributed by atoms with E-state index in [9.17, 15) is 4.79 Å². The van der Waals surface area contributed by atoms with Crippen molar-refractivity contribution in [2.45, 2.75) is 32.7 Å². The van der Waals surface area contributed by atoms with Gasteiger partial charge >= 0.3 is 0 Å². The first kappa shape index (κ1) is 17.0. The summed E-state index contributed by atoms with van der Waals surface area (Å²) in [4.78, 5) is 13.7. The number of carbonyl (C=O) groups excluding carboxylic acids is 1. The van der Waals surface area contributed by atoms with Crippen LogP contribution in [0, 0.1) is 5.92 Å². The number of rotatable bonds is 7. The maximum atomic E-state index is 11.9. The number of benzene rings is 1. The topological polar surface area (TPSA) is 32.3 Å². The Morgan fingerprint density at radius 2 is 1.85 bits per heavy atom. The fourth-order valence-electron chi connectivity index (χ4n) is 2.08. The molecule has 1 amide bonds. The molecule has 0 bridgehead atoms. The molecule has 1 aliphatic rings. The van der Waals surface area contributed by atoms with Crippen molar-refractivity contribution in [2.24, 2.45) is 5.92 Å². The fraction of sp³-hybridized carbons (Fsp3) is 0.562. The summed E-state index contributed by atoms with van der Waals surface area (Å²) in [7, 11) is 1.87. The Balaban J connectivity index is 0.00000200. The number of likely N-dealkylation sites (N-methyl/N-ethyl adjacent to an activating group) is 1. The van der Waals surface area contributed by atoms with Crippen LogP contribution >= 0.6 is 12.4 Å². The summed E-state index contributed by atoms with van der Waals surface area (Å²) in [5.74, 6) is 0.986. The SMILES string of the molecule is CCc1ccc(CN(C)C(=O)CNCC2CC2)cc1.Cl. The third kappa shape index (κ3) is 5.51. The van der Waals surface area contributed by atoms with Crippen LogP contribution in [0.1, 0.15) is 30.9 Å². The Kier molecular flexibility index (Phi) is 7.03. The first-order chi connectivity index (χ1) is 9.19. The number of aryl methyl sites for hydroxylation is 1. The van der Waals surface area contributed by atoms with Gasteiger partial charge in [0.05, 0.1) is 6.54 Å². The van der Waals surface area contributed by atoms with Crippen LogP contribution < -0.4 is 5.32 Å². The van der Waals surface area contributed by atoms with E-state index in [1.807, 2.05) is 7.05 Å². The standard InChI is InChI=1S/C16H24N2O.ClH/c1-3-13-4-8-15(9-5-13)12-18(2)16(19)11-17-10-14-6-7-14;/h4-5,8-9,14,17H,3,6-7,10-12H2,1-2H3;1H. The summed E-state index contributed by atoms with van der Waals surface area (Å²) in [6.45, 7) is 4.29. The fourth-order valence-corrected chi connectivity index (χ4v) is 2.08. The highest BCUT2D eigenvalue weighted by Crippen LogP contribution is 2.27. The molecule has 2 rings (SSSR count). The summed E-state index contributed by atoms with van der Waals surface area (Å²) in [6.07, 6.45) is 3.70. The summed E-state index contributed by atoms with van der Waals surface area (Å²) in [5, 5.41) is 3.24. The number of hydrogen-bond donors (Lipinski definition) is 1. The molecule has 0 heterocycles. The third-order valence-electron chi connectivity index (χ3n) is 3.68. The molecule has 1 aromatic rings. The number of nitrogens with zero attached hydrogens (tertiary/aromatic N) is 1. The Bertz CT molecular complexity index is 415. The van der Waals surface area contributed by atoms with Crippen LogP contribution in [0.5, 0.6) is 0 Å². The van der Waals surface area contributed by atoms with Gasteiger partial charge in [0, 0.05) is 13.6 Å². The molecule has 1 aromatic carbocycles. The molecule has 0 saturated heterocycles. The Morgan fingerprint density at radius 3 is 2.40 bits per heavy atom. The van der Waals surface area contributed by atoms with E-state index in [1.165, 1.54) is 24.0 Å². The van der Waals surface area contributed by atoms with Crippen molar-refractivity contribution in [3.8, 4) is 0 Å². The predicted octanol–water partition coefficient (Wildman–Crippen LogP) is 2.63. The van der Waals surface area contributed by atoms with Gasteiger partial charge in [0.25, 0.3) is 0 Å². The van der Waals surface area contributed by atoms with Crippen LogP contribution in [0.4, 0.5) is 0 Å². The second-order valence-corrected chi connectivity index (χ2v) is 5.49. The lowest BCUT2D eigenvalue weighted by Gasteiger charge is -2.17. The Morgan fingerprint density at radius 1 is 1.25 bits per heavy atom. The lowest BCUT2D eigenvalue weighted by Crippen LogP contribution is -2.35. The monoisotopic (exact) mass is 296 g/mol. The van der Waals surface area contributed by atoms with Crippen LogP contribution in [0.3, 0.4) is 0 Å². The highest BCUT2D eigenvalue weighted by atomic mass is 35.5. The number of hydrogen-bond acceptors (Lipinski definition) is 2. The van der Waals surface area contributed by atoms with E-state index in [2.05, 4.69) is 36.5 Å². The number of carbonyl (C=O) groups is 1. The number of amides is 1. The minimum absolute atomic E-state index is 0. The molecule has 0 radical (unpaired) electrons. The molecule has 4 heteroatoms. The van der Waals surface area contributed by atoms with Gasteiger partial charge in [-0.15, -0.1) is 12.4 Å². The van der Waals surface area contributed by atoms with Crippen molar-refractivity contribution in [1.82, 2.24) is 10.2 Å². The van der Waals surface area contributed by atoms with E-state index < -0.39 is 0 Å². The zero-order chi connectivity index (χ0) is 13.7. The largest absolute Gasteiger partial charge is 0.340 e. The lowest BCUT2D eigenvalue weighted by atomic mass is 10.1. The normalized spacial score (nSPS) is 13.7. The molecule has 112 valence electrons. The van der Waals surface area contributed by atoms with Crippen molar-refractivity contribution in [3.63, 3.8) is 0 Å². The van der Waals surface area contributed by atoms with Crippen LogP contribution in [0.15, 0.2) is 24.3 Å². The van der Waals surface area contributed by atoms with Gasteiger partial charge in [0.1, 0.15) is 0 Å². The second-order valence-electron chi connectivity index (χ2n) is 5.49. The molecular weight excluding hydrogens is 272 g/mol. The zero-order valence-electron chi connectivity index (χ0n) is 12.4. The second kappa shape index (κ2) is 8.28. The van der Waals surface area contributed by atoms with E-state index >= 15 is 0 Å². The average molecular weight is 297 g/mol. The molecule has 1 saturated carbocycles. The van der Waals surface area contributed by atoms with Gasteiger partial charge in [0.2, 0.25) is 5.91 Å². The summed E-state index contributed by atoms with van der Waals surface area (Å²) in [6, 6.07) is 8.50. The van der Waals surface area contributed by atoms with E-state index in [0.29, 0.717) is 13.1 Å².